The summed E-state index contributed by atoms with van der Waals surface area (Å²) < 4.78 is 0. The number of nitrogens with one attached hydrogen (secondary N) is 1. The number of hydrogen-bond acceptors (Lipinski definition) is 2. The van der Waals surface area contributed by atoms with Crippen molar-refractivity contribution in [2.24, 2.45) is 5.92 Å². The number of rotatable bonds is 4. The minimum absolute atomic E-state index is 0.0883. The van der Waals surface area contributed by atoms with E-state index in [1.54, 1.807) is 0 Å². The van der Waals surface area contributed by atoms with Crippen LogP contribution in [0.25, 0.3) is 0 Å². The second kappa shape index (κ2) is 4.43. The Kier molecular flexibility index (Phi) is 3.74. The van der Waals surface area contributed by atoms with Crippen LogP contribution in [0.5, 0.6) is 0 Å². The van der Waals surface area contributed by atoms with Gasteiger partial charge in [-0.15, -0.1) is 0 Å². The standard InChI is InChI=1S/C11H23NO/c1-9(2)11(3,8-13)12-10-6-4-5-7-10/h9-10,12-13H,4-8H2,1-3H3. The maximum absolute atomic E-state index is 9.35. The van der Waals surface area contributed by atoms with Crippen molar-refractivity contribution >= 4 is 0 Å². The molecule has 2 N–H and O–H groups in total. The van der Waals surface area contributed by atoms with Gasteiger partial charge in [-0.2, -0.15) is 0 Å². The van der Waals surface area contributed by atoms with Crippen LogP contribution in [-0.2, 0) is 0 Å². The first-order valence-electron chi connectivity index (χ1n) is 5.47. The highest BCUT2D eigenvalue weighted by Crippen LogP contribution is 2.23. The first-order valence-corrected chi connectivity index (χ1v) is 5.47. The van der Waals surface area contributed by atoms with Crippen LogP contribution in [0, 0.1) is 5.92 Å². The average molecular weight is 185 g/mol. The molecule has 1 fully saturated rings. The summed E-state index contributed by atoms with van der Waals surface area (Å²) in [5, 5.41) is 12.9. The van der Waals surface area contributed by atoms with Gasteiger partial charge in [0.25, 0.3) is 0 Å². The molecule has 2 heteroatoms. The molecule has 1 saturated carbocycles. The van der Waals surface area contributed by atoms with Crippen LogP contribution < -0.4 is 5.32 Å². The fourth-order valence-corrected chi connectivity index (χ4v) is 1.93. The predicted molar refractivity (Wildman–Crippen MR) is 55.7 cm³/mol. The van der Waals surface area contributed by atoms with Crippen molar-refractivity contribution in [1.82, 2.24) is 5.32 Å². The highest BCUT2D eigenvalue weighted by atomic mass is 16.3. The maximum Gasteiger partial charge on any atom is 0.0613 e. The largest absolute Gasteiger partial charge is 0.394 e. The van der Waals surface area contributed by atoms with Gasteiger partial charge in [0.05, 0.1) is 6.61 Å². The lowest BCUT2D eigenvalue weighted by molar-refractivity contribution is 0.120. The highest BCUT2D eigenvalue weighted by molar-refractivity contribution is 4.90. The van der Waals surface area contributed by atoms with Gasteiger partial charge in [-0.3, -0.25) is 0 Å². The van der Waals surface area contributed by atoms with Crippen molar-refractivity contribution in [3.8, 4) is 0 Å². The summed E-state index contributed by atoms with van der Waals surface area (Å²) in [5.41, 5.74) is -0.0883. The Morgan fingerprint density at radius 3 is 2.31 bits per heavy atom. The zero-order valence-electron chi connectivity index (χ0n) is 9.14. The number of aliphatic hydroxyl groups is 1. The van der Waals surface area contributed by atoms with Crippen LogP contribution in [-0.4, -0.2) is 23.3 Å². The molecule has 1 aliphatic rings. The van der Waals surface area contributed by atoms with Gasteiger partial charge in [-0.25, -0.2) is 0 Å². The number of aliphatic hydroxyl groups excluding tert-OH is 1. The molecule has 0 radical (unpaired) electrons. The third-order valence-corrected chi connectivity index (χ3v) is 3.49. The summed E-state index contributed by atoms with van der Waals surface area (Å²) in [5.74, 6) is 0.484. The van der Waals surface area contributed by atoms with Crippen molar-refractivity contribution in [3.63, 3.8) is 0 Å². The van der Waals surface area contributed by atoms with Crippen molar-refractivity contribution in [1.29, 1.82) is 0 Å². The second-order valence-electron chi connectivity index (χ2n) is 4.86. The van der Waals surface area contributed by atoms with E-state index in [2.05, 4.69) is 26.1 Å². The zero-order valence-corrected chi connectivity index (χ0v) is 9.14. The summed E-state index contributed by atoms with van der Waals surface area (Å²) in [6.07, 6.45) is 5.25. The van der Waals surface area contributed by atoms with Crippen molar-refractivity contribution in [2.45, 2.75) is 58.0 Å². The van der Waals surface area contributed by atoms with Crippen molar-refractivity contribution in [3.05, 3.63) is 0 Å². The van der Waals surface area contributed by atoms with Crippen LogP contribution in [0.15, 0.2) is 0 Å². The molecule has 1 rings (SSSR count). The molecule has 0 aromatic heterocycles. The minimum atomic E-state index is -0.0883. The first kappa shape index (κ1) is 11.0. The van der Waals surface area contributed by atoms with Crippen LogP contribution in [0.3, 0.4) is 0 Å². The molecule has 0 aromatic rings. The fraction of sp³-hybridized carbons (Fsp3) is 1.00. The van der Waals surface area contributed by atoms with E-state index in [1.807, 2.05) is 0 Å². The summed E-state index contributed by atoms with van der Waals surface area (Å²) in [6, 6.07) is 0.638. The smallest absolute Gasteiger partial charge is 0.0613 e. The Balaban J connectivity index is 2.46. The van der Waals surface area contributed by atoms with E-state index in [9.17, 15) is 5.11 Å². The molecule has 0 spiro atoms. The van der Waals surface area contributed by atoms with Gasteiger partial charge in [0.15, 0.2) is 0 Å². The van der Waals surface area contributed by atoms with Gasteiger partial charge >= 0.3 is 0 Å². The van der Waals surface area contributed by atoms with Gasteiger partial charge in [0.1, 0.15) is 0 Å². The lowest BCUT2D eigenvalue weighted by Crippen LogP contribution is -2.53. The Morgan fingerprint density at radius 1 is 1.38 bits per heavy atom. The Bertz CT molecular complexity index is 152. The average Bonchev–Trinajstić information content (AvgIpc) is 2.56. The third-order valence-electron chi connectivity index (χ3n) is 3.49. The molecule has 0 aliphatic heterocycles. The summed E-state index contributed by atoms with van der Waals surface area (Å²) in [4.78, 5) is 0. The molecule has 78 valence electrons. The fourth-order valence-electron chi connectivity index (χ4n) is 1.93. The van der Waals surface area contributed by atoms with Crippen LogP contribution in [0.4, 0.5) is 0 Å². The van der Waals surface area contributed by atoms with E-state index in [0.29, 0.717) is 12.0 Å². The Hall–Kier alpha value is -0.0800. The molecule has 0 saturated heterocycles. The quantitative estimate of drug-likeness (QED) is 0.701. The molecular weight excluding hydrogens is 162 g/mol. The molecule has 1 aliphatic carbocycles. The Labute approximate surface area is 81.7 Å². The highest BCUT2D eigenvalue weighted by Gasteiger charge is 2.30. The van der Waals surface area contributed by atoms with Crippen LogP contribution >= 0.6 is 0 Å². The van der Waals surface area contributed by atoms with Gasteiger partial charge in [-0.05, 0) is 25.7 Å². The molecule has 0 amide bonds. The summed E-state index contributed by atoms with van der Waals surface area (Å²) in [6.45, 7) is 6.69. The Morgan fingerprint density at radius 2 is 1.92 bits per heavy atom. The lowest BCUT2D eigenvalue weighted by Gasteiger charge is -2.36. The van der Waals surface area contributed by atoms with E-state index < -0.39 is 0 Å². The topological polar surface area (TPSA) is 32.3 Å². The van der Waals surface area contributed by atoms with Gasteiger partial charge in [-0.1, -0.05) is 26.7 Å². The molecule has 2 nitrogen and oxygen atoms in total. The normalized spacial score (nSPS) is 23.8. The van der Waals surface area contributed by atoms with E-state index in [1.165, 1.54) is 25.7 Å². The minimum Gasteiger partial charge on any atom is -0.394 e. The van der Waals surface area contributed by atoms with Gasteiger partial charge in [0, 0.05) is 11.6 Å². The van der Waals surface area contributed by atoms with E-state index >= 15 is 0 Å². The molecule has 0 aromatic carbocycles. The summed E-state index contributed by atoms with van der Waals surface area (Å²) >= 11 is 0. The monoisotopic (exact) mass is 185 g/mol. The second-order valence-corrected chi connectivity index (χ2v) is 4.86. The van der Waals surface area contributed by atoms with Crippen molar-refractivity contribution < 1.29 is 5.11 Å². The molecule has 1 unspecified atom stereocenters. The maximum atomic E-state index is 9.35. The zero-order chi connectivity index (χ0) is 9.90. The predicted octanol–water partition coefficient (Wildman–Crippen LogP) is 1.93. The van der Waals surface area contributed by atoms with E-state index in [-0.39, 0.29) is 12.1 Å². The van der Waals surface area contributed by atoms with E-state index in [4.69, 9.17) is 0 Å². The number of hydrogen-bond donors (Lipinski definition) is 2. The van der Waals surface area contributed by atoms with Crippen LogP contribution in [0.2, 0.25) is 0 Å². The van der Waals surface area contributed by atoms with Crippen molar-refractivity contribution in [2.75, 3.05) is 6.61 Å². The van der Waals surface area contributed by atoms with E-state index in [0.717, 1.165) is 0 Å². The third kappa shape index (κ3) is 2.68. The molecular formula is C11H23NO. The lowest BCUT2D eigenvalue weighted by atomic mass is 9.88. The SMILES string of the molecule is CC(C)C(C)(CO)NC1CCCC1. The molecule has 13 heavy (non-hydrogen) atoms. The van der Waals surface area contributed by atoms with Gasteiger partial charge < -0.3 is 10.4 Å². The summed E-state index contributed by atoms with van der Waals surface area (Å²) in [7, 11) is 0. The molecule has 0 bridgehead atoms. The van der Waals surface area contributed by atoms with Gasteiger partial charge in [0.2, 0.25) is 0 Å². The molecule has 0 heterocycles. The first-order chi connectivity index (χ1) is 6.08. The molecule has 1 atom stereocenters. The van der Waals surface area contributed by atoms with Crippen LogP contribution in [0.1, 0.15) is 46.5 Å².